The third kappa shape index (κ3) is 3.58. The van der Waals surface area contributed by atoms with Crippen molar-refractivity contribution in [3.05, 3.63) is 51.6 Å². The number of aromatic nitrogens is 1. The van der Waals surface area contributed by atoms with E-state index in [1.165, 1.54) is 0 Å². The van der Waals surface area contributed by atoms with Gasteiger partial charge in [-0.1, -0.05) is 29.8 Å². The predicted molar refractivity (Wildman–Crippen MR) is 85.2 cm³/mol. The number of rotatable bonds is 4. The van der Waals surface area contributed by atoms with Crippen molar-refractivity contribution in [2.45, 2.75) is 33.2 Å². The number of benzene rings is 1. The van der Waals surface area contributed by atoms with Crippen LogP contribution in [0.1, 0.15) is 36.6 Å². The molecule has 4 heteroatoms. The molecule has 0 saturated heterocycles. The van der Waals surface area contributed by atoms with Gasteiger partial charge in [-0.15, -0.1) is 0 Å². The van der Waals surface area contributed by atoms with E-state index in [0.717, 1.165) is 27.0 Å². The Morgan fingerprint density at radius 3 is 2.60 bits per heavy atom. The minimum absolute atomic E-state index is 0.342. The Hall–Kier alpha value is -1.39. The average Bonchev–Trinajstić information content (AvgIpc) is 2.41. The highest BCUT2D eigenvalue weighted by atomic mass is 79.9. The van der Waals surface area contributed by atoms with Crippen LogP contribution in [0.4, 0.5) is 0 Å². The van der Waals surface area contributed by atoms with Gasteiger partial charge in [0.05, 0.1) is 0 Å². The van der Waals surface area contributed by atoms with Crippen LogP contribution in [0.5, 0.6) is 11.6 Å². The number of ether oxygens (including phenoxy) is 1. The summed E-state index contributed by atoms with van der Waals surface area (Å²) in [5, 5.41) is 0. The van der Waals surface area contributed by atoms with E-state index >= 15 is 0 Å². The van der Waals surface area contributed by atoms with Crippen molar-refractivity contribution >= 4 is 15.9 Å². The maximum atomic E-state index is 5.91. The highest BCUT2D eigenvalue weighted by Gasteiger charge is 2.09. The molecule has 1 aromatic heterocycles. The first kappa shape index (κ1) is 15.0. The summed E-state index contributed by atoms with van der Waals surface area (Å²) in [5.74, 6) is 1.75. The molecule has 0 amide bonds. The molecule has 0 saturated carbocycles. The quantitative estimate of drug-likeness (QED) is 0.893. The number of hydrogen-bond donors (Lipinski definition) is 1. The second-order valence-electron chi connectivity index (χ2n) is 5.11. The van der Waals surface area contributed by atoms with Crippen LogP contribution >= 0.6 is 15.9 Å². The van der Waals surface area contributed by atoms with Gasteiger partial charge in [0.15, 0.2) is 0 Å². The average molecular weight is 335 g/mol. The van der Waals surface area contributed by atoms with Gasteiger partial charge in [0.1, 0.15) is 5.75 Å². The fourth-order valence-electron chi connectivity index (χ4n) is 1.89. The summed E-state index contributed by atoms with van der Waals surface area (Å²) < 4.78 is 6.95. The zero-order valence-corrected chi connectivity index (χ0v) is 13.6. The summed E-state index contributed by atoms with van der Waals surface area (Å²) in [6.07, 6.45) is 0. The molecule has 2 N–H and O–H groups in total. The van der Waals surface area contributed by atoms with Crippen LogP contribution in [0.25, 0.3) is 0 Å². The van der Waals surface area contributed by atoms with Crippen molar-refractivity contribution in [3.8, 4) is 11.6 Å². The third-order valence-electron chi connectivity index (χ3n) is 3.06. The van der Waals surface area contributed by atoms with Gasteiger partial charge in [-0.05, 0) is 48.2 Å². The van der Waals surface area contributed by atoms with Gasteiger partial charge < -0.3 is 10.5 Å². The zero-order valence-electron chi connectivity index (χ0n) is 12.0. The van der Waals surface area contributed by atoms with Crippen molar-refractivity contribution in [3.63, 3.8) is 0 Å². The van der Waals surface area contributed by atoms with Crippen LogP contribution in [0.2, 0.25) is 0 Å². The summed E-state index contributed by atoms with van der Waals surface area (Å²) in [6, 6.07) is 9.84. The molecule has 0 aliphatic rings. The Kier molecular flexibility index (Phi) is 4.78. The molecule has 20 heavy (non-hydrogen) atoms. The lowest BCUT2D eigenvalue weighted by atomic mass is 10.1. The third-order valence-corrected chi connectivity index (χ3v) is 3.55. The number of halogens is 1. The van der Waals surface area contributed by atoms with Gasteiger partial charge in [0.25, 0.3) is 0 Å². The lowest BCUT2D eigenvalue weighted by molar-refractivity contribution is 0.455. The first-order valence-electron chi connectivity index (χ1n) is 6.64. The minimum Gasteiger partial charge on any atom is -0.439 e. The smallest absolute Gasteiger partial charge is 0.219 e. The first-order chi connectivity index (χ1) is 9.49. The Labute approximate surface area is 128 Å². The van der Waals surface area contributed by atoms with E-state index in [2.05, 4.69) is 34.8 Å². The summed E-state index contributed by atoms with van der Waals surface area (Å²) in [6.45, 7) is 6.71. The van der Waals surface area contributed by atoms with Crippen LogP contribution in [0.3, 0.4) is 0 Å². The van der Waals surface area contributed by atoms with Crippen LogP contribution in [0.15, 0.2) is 34.8 Å². The van der Waals surface area contributed by atoms with E-state index in [9.17, 15) is 0 Å². The monoisotopic (exact) mass is 334 g/mol. The normalized spacial score (nSPS) is 10.9. The molecule has 0 unspecified atom stereocenters. The molecule has 0 aliphatic heterocycles. The van der Waals surface area contributed by atoms with E-state index in [1.807, 2.05) is 37.3 Å². The van der Waals surface area contributed by atoms with Crippen molar-refractivity contribution in [2.24, 2.45) is 5.73 Å². The molecule has 0 atom stereocenters. The second kappa shape index (κ2) is 6.37. The van der Waals surface area contributed by atoms with Crippen LogP contribution in [-0.4, -0.2) is 4.98 Å². The molecule has 1 aromatic carbocycles. The van der Waals surface area contributed by atoms with Gasteiger partial charge in [0, 0.05) is 22.8 Å². The number of pyridine rings is 1. The summed E-state index contributed by atoms with van der Waals surface area (Å²) in [4.78, 5) is 4.55. The van der Waals surface area contributed by atoms with Crippen molar-refractivity contribution in [2.75, 3.05) is 0 Å². The number of nitrogens with two attached hydrogens (primary N) is 1. The molecule has 0 fully saturated rings. The standard InChI is InChI=1S/C16H19BrN2O/c1-10(2)14-7-12(9-18)8-16(19-14)20-15-5-4-13(17)6-11(15)3/h4-8,10H,9,18H2,1-3H3. The van der Waals surface area contributed by atoms with Gasteiger partial charge in [-0.3, -0.25) is 0 Å². The van der Waals surface area contributed by atoms with Crippen molar-refractivity contribution in [1.82, 2.24) is 4.98 Å². The topological polar surface area (TPSA) is 48.1 Å². The maximum Gasteiger partial charge on any atom is 0.219 e. The van der Waals surface area contributed by atoms with E-state index < -0.39 is 0 Å². The molecule has 0 spiro atoms. The van der Waals surface area contributed by atoms with Gasteiger partial charge in [-0.25, -0.2) is 4.98 Å². The Morgan fingerprint density at radius 1 is 1.25 bits per heavy atom. The molecule has 0 aliphatic carbocycles. The van der Waals surface area contributed by atoms with Crippen molar-refractivity contribution < 1.29 is 4.74 Å². The molecular weight excluding hydrogens is 316 g/mol. The van der Waals surface area contributed by atoms with E-state index in [-0.39, 0.29) is 0 Å². The van der Waals surface area contributed by atoms with Crippen molar-refractivity contribution in [1.29, 1.82) is 0 Å². The van der Waals surface area contributed by atoms with E-state index in [1.54, 1.807) is 0 Å². The minimum atomic E-state index is 0.342. The Balaban J connectivity index is 2.34. The summed E-state index contributed by atoms with van der Waals surface area (Å²) in [7, 11) is 0. The van der Waals surface area contributed by atoms with Crippen LogP contribution in [0, 0.1) is 6.92 Å². The lowest BCUT2D eigenvalue weighted by Crippen LogP contribution is -2.02. The number of nitrogens with zero attached hydrogens (tertiary/aromatic N) is 1. The fraction of sp³-hybridized carbons (Fsp3) is 0.312. The fourth-order valence-corrected chi connectivity index (χ4v) is 2.36. The number of aryl methyl sites for hydroxylation is 1. The highest BCUT2D eigenvalue weighted by molar-refractivity contribution is 9.10. The van der Waals surface area contributed by atoms with Gasteiger partial charge >= 0.3 is 0 Å². The molecule has 0 bridgehead atoms. The molecule has 0 radical (unpaired) electrons. The van der Waals surface area contributed by atoms with Gasteiger partial charge in [-0.2, -0.15) is 0 Å². The SMILES string of the molecule is Cc1cc(Br)ccc1Oc1cc(CN)cc(C(C)C)n1. The molecule has 1 heterocycles. The molecule has 2 aromatic rings. The molecule has 3 nitrogen and oxygen atoms in total. The lowest BCUT2D eigenvalue weighted by Gasteiger charge is -2.12. The molecular formula is C16H19BrN2O. The predicted octanol–water partition coefficient (Wildman–Crippen LogP) is 4.53. The number of hydrogen-bond acceptors (Lipinski definition) is 3. The zero-order chi connectivity index (χ0) is 14.7. The highest BCUT2D eigenvalue weighted by Crippen LogP contribution is 2.28. The van der Waals surface area contributed by atoms with Crippen LogP contribution < -0.4 is 10.5 Å². The van der Waals surface area contributed by atoms with E-state index in [0.29, 0.717) is 18.3 Å². The largest absolute Gasteiger partial charge is 0.439 e. The molecule has 106 valence electrons. The van der Waals surface area contributed by atoms with Gasteiger partial charge in [0.2, 0.25) is 5.88 Å². The molecule has 2 rings (SSSR count). The summed E-state index contributed by atoms with van der Waals surface area (Å²) in [5.41, 5.74) is 8.84. The van der Waals surface area contributed by atoms with Crippen LogP contribution in [-0.2, 0) is 6.54 Å². The summed E-state index contributed by atoms with van der Waals surface area (Å²) >= 11 is 3.45. The first-order valence-corrected chi connectivity index (χ1v) is 7.44. The maximum absolute atomic E-state index is 5.91. The van der Waals surface area contributed by atoms with E-state index in [4.69, 9.17) is 10.5 Å². The second-order valence-corrected chi connectivity index (χ2v) is 6.02. The Bertz CT molecular complexity index is 611. The Morgan fingerprint density at radius 2 is 2.00 bits per heavy atom.